The van der Waals surface area contributed by atoms with Crippen LogP contribution in [-0.4, -0.2) is 34.2 Å². The van der Waals surface area contributed by atoms with Crippen LogP contribution in [0.25, 0.3) is 11.5 Å². The Hall–Kier alpha value is -1.72. The van der Waals surface area contributed by atoms with Gasteiger partial charge in [-0.15, -0.1) is 10.2 Å². The van der Waals surface area contributed by atoms with E-state index in [1.807, 2.05) is 12.1 Å². The molecule has 2 N–H and O–H groups in total. The van der Waals surface area contributed by atoms with E-state index in [2.05, 4.69) is 34.2 Å². The zero-order valence-corrected chi connectivity index (χ0v) is 11.7. The smallest absolute Gasteiger partial charge is 0.247 e. The minimum absolute atomic E-state index is 0.448. The van der Waals surface area contributed by atoms with Crippen LogP contribution >= 0.6 is 0 Å². The molecule has 5 nitrogen and oxygen atoms in total. The maximum atomic E-state index is 5.78. The summed E-state index contributed by atoms with van der Waals surface area (Å²) in [6.45, 7) is 4.50. The topological polar surface area (TPSA) is 68.2 Å². The molecule has 1 aliphatic rings. The molecule has 1 atom stereocenters. The van der Waals surface area contributed by atoms with Crippen LogP contribution in [0, 0.1) is 6.92 Å². The lowest BCUT2D eigenvalue weighted by Crippen LogP contribution is -2.34. The Morgan fingerprint density at radius 1 is 1.40 bits per heavy atom. The Labute approximate surface area is 118 Å². The molecule has 0 spiro atoms. The molecule has 0 saturated carbocycles. The maximum absolute atomic E-state index is 5.78. The van der Waals surface area contributed by atoms with Crippen LogP contribution in [0.3, 0.4) is 0 Å². The first-order chi connectivity index (χ1) is 9.76. The minimum Gasteiger partial charge on any atom is -0.419 e. The molecule has 106 valence electrons. The molecule has 0 aliphatic carbocycles. The van der Waals surface area contributed by atoms with Crippen molar-refractivity contribution in [2.45, 2.75) is 32.4 Å². The van der Waals surface area contributed by atoms with Gasteiger partial charge in [0, 0.05) is 18.2 Å². The molecule has 1 fully saturated rings. The molecule has 1 unspecified atom stereocenters. The highest BCUT2D eigenvalue weighted by molar-refractivity contribution is 5.53. The van der Waals surface area contributed by atoms with E-state index in [-0.39, 0.29) is 0 Å². The van der Waals surface area contributed by atoms with Gasteiger partial charge in [0.05, 0.1) is 6.54 Å². The van der Waals surface area contributed by atoms with E-state index < -0.39 is 0 Å². The Kier molecular flexibility index (Phi) is 3.80. The second kappa shape index (κ2) is 5.73. The summed E-state index contributed by atoms with van der Waals surface area (Å²) in [6, 6.07) is 8.54. The SMILES string of the molecule is Cc1cccc(-c2nnc(CN3CCCC3CN)o2)c1. The van der Waals surface area contributed by atoms with Crippen LogP contribution in [0.2, 0.25) is 0 Å². The summed E-state index contributed by atoms with van der Waals surface area (Å²) in [5, 5.41) is 8.30. The largest absolute Gasteiger partial charge is 0.419 e. The Balaban J connectivity index is 1.74. The third kappa shape index (κ3) is 2.73. The molecule has 5 heteroatoms. The highest BCUT2D eigenvalue weighted by atomic mass is 16.4. The van der Waals surface area contributed by atoms with Crippen molar-refractivity contribution in [3.63, 3.8) is 0 Å². The second-order valence-corrected chi connectivity index (χ2v) is 5.37. The predicted molar refractivity (Wildman–Crippen MR) is 77.0 cm³/mol. The van der Waals surface area contributed by atoms with E-state index in [0.29, 0.717) is 30.9 Å². The zero-order valence-electron chi connectivity index (χ0n) is 11.7. The first kappa shape index (κ1) is 13.3. The fraction of sp³-hybridized carbons (Fsp3) is 0.467. The Bertz CT molecular complexity index is 581. The summed E-state index contributed by atoms with van der Waals surface area (Å²) in [7, 11) is 0. The normalized spacial score (nSPS) is 19.6. The Morgan fingerprint density at radius 3 is 3.10 bits per heavy atom. The van der Waals surface area contributed by atoms with Gasteiger partial charge in [-0.05, 0) is 38.4 Å². The van der Waals surface area contributed by atoms with Gasteiger partial charge in [0.15, 0.2) is 0 Å². The second-order valence-electron chi connectivity index (χ2n) is 5.37. The molecule has 20 heavy (non-hydrogen) atoms. The fourth-order valence-electron chi connectivity index (χ4n) is 2.76. The van der Waals surface area contributed by atoms with E-state index in [9.17, 15) is 0 Å². The number of nitrogens with zero attached hydrogens (tertiary/aromatic N) is 3. The van der Waals surface area contributed by atoms with Gasteiger partial charge in [0.2, 0.25) is 11.8 Å². The first-order valence-corrected chi connectivity index (χ1v) is 7.10. The summed E-state index contributed by atoms with van der Waals surface area (Å²) in [6.07, 6.45) is 2.36. The van der Waals surface area contributed by atoms with Crippen molar-refractivity contribution >= 4 is 0 Å². The van der Waals surface area contributed by atoms with Crippen LogP contribution in [-0.2, 0) is 6.54 Å². The molecule has 3 rings (SSSR count). The standard InChI is InChI=1S/C15H20N4O/c1-11-4-2-5-12(8-11)15-18-17-14(20-15)10-19-7-3-6-13(19)9-16/h2,4-5,8,13H,3,6-7,9-10,16H2,1H3. The number of aryl methyl sites for hydroxylation is 1. The van der Waals surface area contributed by atoms with Gasteiger partial charge in [-0.1, -0.05) is 17.7 Å². The van der Waals surface area contributed by atoms with Crippen molar-refractivity contribution in [3.05, 3.63) is 35.7 Å². The van der Waals surface area contributed by atoms with E-state index in [4.69, 9.17) is 10.2 Å². The fourth-order valence-corrected chi connectivity index (χ4v) is 2.76. The highest BCUT2D eigenvalue weighted by Crippen LogP contribution is 2.22. The number of hydrogen-bond acceptors (Lipinski definition) is 5. The van der Waals surface area contributed by atoms with Crippen molar-refractivity contribution in [3.8, 4) is 11.5 Å². The van der Waals surface area contributed by atoms with Gasteiger partial charge in [-0.3, -0.25) is 4.90 Å². The molecular weight excluding hydrogens is 252 g/mol. The quantitative estimate of drug-likeness (QED) is 0.921. The summed E-state index contributed by atoms with van der Waals surface area (Å²) in [5.41, 5.74) is 7.94. The van der Waals surface area contributed by atoms with Crippen LogP contribution in [0.15, 0.2) is 28.7 Å². The first-order valence-electron chi connectivity index (χ1n) is 7.10. The number of likely N-dealkylation sites (tertiary alicyclic amines) is 1. The van der Waals surface area contributed by atoms with Crippen molar-refractivity contribution in [1.82, 2.24) is 15.1 Å². The molecule has 0 amide bonds. The van der Waals surface area contributed by atoms with E-state index in [1.165, 1.54) is 12.0 Å². The number of aromatic nitrogens is 2. The van der Waals surface area contributed by atoms with Gasteiger partial charge in [-0.2, -0.15) is 0 Å². The maximum Gasteiger partial charge on any atom is 0.247 e. The molecule has 2 heterocycles. The van der Waals surface area contributed by atoms with Gasteiger partial charge in [0.25, 0.3) is 0 Å². The van der Waals surface area contributed by atoms with Gasteiger partial charge < -0.3 is 10.2 Å². The molecular formula is C15H20N4O. The average molecular weight is 272 g/mol. The molecule has 0 bridgehead atoms. The van der Waals surface area contributed by atoms with Gasteiger partial charge >= 0.3 is 0 Å². The monoisotopic (exact) mass is 272 g/mol. The summed E-state index contributed by atoms with van der Waals surface area (Å²) < 4.78 is 5.77. The Morgan fingerprint density at radius 2 is 2.30 bits per heavy atom. The highest BCUT2D eigenvalue weighted by Gasteiger charge is 2.24. The van der Waals surface area contributed by atoms with Crippen molar-refractivity contribution in [2.24, 2.45) is 5.73 Å². The molecule has 1 aromatic heterocycles. The van der Waals surface area contributed by atoms with E-state index in [0.717, 1.165) is 18.5 Å². The average Bonchev–Trinajstić information content (AvgIpc) is 3.08. The van der Waals surface area contributed by atoms with E-state index >= 15 is 0 Å². The zero-order chi connectivity index (χ0) is 13.9. The summed E-state index contributed by atoms with van der Waals surface area (Å²) >= 11 is 0. The van der Waals surface area contributed by atoms with Crippen LogP contribution < -0.4 is 5.73 Å². The predicted octanol–water partition coefficient (Wildman–Crippen LogP) is 1.97. The lowest BCUT2D eigenvalue weighted by atomic mass is 10.1. The summed E-state index contributed by atoms with van der Waals surface area (Å²) in [5.74, 6) is 1.26. The molecule has 1 aliphatic heterocycles. The molecule has 0 radical (unpaired) electrons. The minimum atomic E-state index is 0.448. The number of rotatable bonds is 4. The number of benzene rings is 1. The molecule has 1 aromatic carbocycles. The third-order valence-electron chi connectivity index (χ3n) is 3.84. The van der Waals surface area contributed by atoms with Crippen molar-refractivity contribution in [1.29, 1.82) is 0 Å². The van der Waals surface area contributed by atoms with Gasteiger partial charge in [0.1, 0.15) is 0 Å². The van der Waals surface area contributed by atoms with E-state index in [1.54, 1.807) is 0 Å². The molecule has 1 saturated heterocycles. The number of hydrogen-bond donors (Lipinski definition) is 1. The van der Waals surface area contributed by atoms with Crippen molar-refractivity contribution in [2.75, 3.05) is 13.1 Å². The molecule has 2 aromatic rings. The third-order valence-corrected chi connectivity index (χ3v) is 3.84. The lowest BCUT2D eigenvalue weighted by Gasteiger charge is -2.20. The summed E-state index contributed by atoms with van der Waals surface area (Å²) in [4.78, 5) is 2.33. The van der Waals surface area contributed by atoms with Crippen LogP contribution in [0.4, 0.5) is 0 Å². The van der Waals surface area contributed by atoms with Crippen LogP contribution in [0.1, 0.15) is 24.3 Å². The number of nitrogens with two attached hydrogens (primary N) is 1. The lowest BCUT2D eigenvalue weighted by molar-refractivity contribution is 0.226. The van der Waals surface area contributed by atoms with Crippen LogP contribution in [0.5, 0.6) is 0 Å². The van der Waals surface area contributed by atoms with Gasteiger partial charge in [-0.25, -0.2) is 0 Å². The van der Waals surface area contributed by atoms with Crippen molar-refractivity contribution < 1.29 is 4.42 Å².